The molecule has 3 rings (SSSR count). The molecule has 3 aromatic rings. The Hall–Kier alpha value is -3.24. The van der Waals surface area contributed by atoms with Gasteiger partial charge >= 0.3 is 5.91 Å². The highest BCUT2D eigenvalue weighted by molar-refractivity contribution is 9.10. The summed E-state index contributed by atoms with van der Waals surface area (Å²) in [6.45, 7) is 0.151. The van der Waals surface area contributed by atoms with Gasteiger partial charge in [0.2, 0.25) is 5.88 Å². The maximum Gasteiger partial charge on any atom is 0.304 e. The van der Waals surface area contributed by atoms with Gasteiger partial charge < -0.3 is 19.6 Å². The van der Waals surface area contributed by atoms with Crippen molar-refractivity contribution in [2.45, 2.75) is 6.67 Å². The number of methoxy groups -OCH3 is 1. The van der Waals surface area contributed by atoms with Crippen LogP contribution in [0.1, 0.15) is 5.56 Å². The van der Waals surface area contributed by atoms with Crippen LogP contribution in [0.2, 0.25) is 0 Å². The van der Waals surface area contributed by atoms with Crippen LogP contribution in [0.4, 0.5) is 5.69 Å². The van der Waals surface area contributed by atoms with Crippen LogP contribution in [0.3, 0.4) is 0 Å². The molecule has 0 spiro atoms. The summed E-state index contributed by atoms with van der Waals surface area (Å²) in [5.41, 5.74) is 1.82. The average Bonchev–Trinajstić information content (AvgIpc) is 3.00. The van der Waals surface area contributed by atoms with Crippen molar-refractivity contribution in [3.8, 4) is 11.6 Å². The van der Waals surface area contributed by atoms with Gasteiger partial charge in [-0.25, -0.2) is 0 Å². The fraction of sp³-hybridized carbons (Fsp3) is 0.238. The Labute approximate surface area is 187 Å². The Morgan fingerprint density at radius 1 is 1.23 bits per heavy atom. The SMILES string of the molecule is COc1ccc(/C=N\OCC(=O)N=Nc2c(O)n(C[NH+](C)C)c3ccc(Br)cc23)cc1. The summed E-state index contributed by atoms with van der Waals surface area (Å²) in [4.78, 5) is 18.1. The maximum atomic E-state index is 12.0. The minimum absolute atomic E-state index is 0.0516. The predicted molar refractivity (Wildman–Crippen MR) is 120 cm³/mol. The Kier molecular flexibility index (Phi) is 7.37. The summed E-state index contributed by atoms with van der Waals surface area (Å²) in [6.07, 6.45) is 1.48. The number of azo groups is 1. The molecule has 2 aromatic carbocycles. The van der Waals surface area contributed by atoms with Crippen LogP contribution >= 0.6 is 15.9 Å². The van der Waals surface area contributed by atoms with Crippen LogP contribution in [0, 0.1) is 0 Å². The number of quaternary nitrogens is 1. The molecule has 31 heavy (non-hydrogen) atoms. The fourth-order valence-electron chi connectivity index (χ4n) is 2.89. The number of hydrogen-bond donors (Lipinski definition) is 2. The Bertz CT molecular complexity index is 1120. The highest BCUT2D eigenvalue weighted by Crippen LogP contribution is 2.39. The highest BCUT2D eigenvalue weighted by Gasteiger charge is 2.19. The van der Waals surface area contributed by atoms with E-state index in [1.54, 1.807) is 35.9 Å². The molecule has 0 atom stereocenters. The van der Waals surface area contributed by atoms with Crippen molar-refractivity contribution in [1.29, 1.82) is 0 Å². The van der Waals surface area contributed by atoms with Crippen molar-refractivity contribution >= 4 is 44.6 Å². The fourth-order valence-corrected chi connectivity index (χ4v) is 3.25. The van der Waals surface area contributed by atoms with Crippen molar-refractivity contribution < 1.29 is 24.4 Å². The molecule has 0 unspecified atom stereocenters. The number of halogens is 1. The number of hydrogen-bond acceptors (Lipinski definition) is 6. The summed E-state index contributed by atoms with van der Waals surface area (Å²) in [6, 6.07) is 12.8. The lowest BCUT2D eigenvalue weighted by molar-refractivity contribution is -0.882. The molecule has 1 amide bonds. The molecule has 0 saturated heterocycles. The summed E-state index contributed by atoms with van der Waals surface area (Å²) in [5, 5.41) is 22.7. The van der Waals surface area contributed by atoms with Gasteiger partial charge in [0.1, 0.15) is 5.75 Å². The number of carbonyl (C=O) groups is 1. The highest BCUT2D eigenvalue weighted by atomic mass is 79.9. The van der Waals surface area contributed by atoms with E-state index in [1.807, 2.05) is 32.3 Å². The molecule has 0 saturated carbocycles. The Morgan fingerprint density at radius 2 is 1.97 bits per heavy atom. The van der Waals surface area contributed by atoms with E-state index < -0.39 is 5.91 Å². The first-order valence-electron chi connectivity index (χ1n) is 9.42. The van der Waals surface area contributed by atoms with E-state index in [0.717, 1.165) is 26.2 Å². The van der Waals surface area contributed by atoms with Crippen LogP contribution < -0.4 is 9.64 Å². The molecule has 162 valence electrons. The zero-order chi connectivity index (χ0) is 22.4. The largest absolute Gasteiger partial charge is 0.497 e. The number of amides is 1. The summed E-state index contributed by atoms with van der Waals surface area (Å²) >= 11 is 3.42. The van der Waals surface area contributed by atoms with Crippen molar-refractivity contribution in [1.82, 2.24) is 4.57 Å². The number of nitrogens with zero attached hydrogens (tertiary/aromatic N) is 4. The van der Waals surface area contributed by atoms with E-state index >= 15 is 0 Å². The molecule has 0 fully saturated rings. The van der Waals surface area contributed by atoms with E-state index in [9.17, 15) is 9.90 Å². The molecule has 1 heterocycles. The molecule has 10 heteroatoms. The zero-order valence-corrected chi connectivity index (χ0v) is 19.0. The van der Waals surface area contributed by atoms with Crippen LogP contribution in [-0.2, 0) is 16.3 Å². The molecule has 0 aliphatic rings. The second-order valence-corrected chi connectivity index (χ2v) is 7.92. The average molecular weight is 489 g/mol. The van der Waals surface area contributed by atoms with Crippen LogP contribution in [0.5, 0.6) is 11.6 Å². The molecular weight excluding hydrogens is 466 g/mol. The third-order valence-electron chi connectivity index (χ3n) is 4.29. The standard InChI is InChI=1S/C21H22BrN5O4/c1-26(2)13-27-18-9-6-15(22)10-17(18)20(21(27)29)25-24-19(28)12-31-23-11-14-4-7-16(30-3)8-5-14/h4-11,29H,12-13H2,1-3H3/p+1/b23-11-,25-24?. The summed E-state index contributed by atoms with van der Waals surface area (Å²) < 4.78 is 7.64. The first-order valence-corrected chi connectivity index (χ1v) is 10.2. The van der Waals surface area contributed by atoms with Gasteiger partial charge in [-0.1, -0.05) is 21.1 Å². The number of benzene rings is 2. The minimum Gasteiger partial charge on any atom is -0.497 e. The Balaban J connectivity index is 1.69. The molecule has 0 aliphatic carbocycles. The second kappa shape index (κ2) is 10.2. The maximum absolute atomic E-state index is 12.0. The first kappa shape index (κ1) is 22.4. The minimum atomic E-state index is -0.625. The summed E-state index contributed by atoms with van der Waals surface area (Å²) in [7, 11) is 5.53. The van der Waals surface area contributed by atoms with Crippen LogP contribution in [-0.4, -0.2) is 49.6 Å². The van der Waals surface area contributed by atoms with E-state index in [4.69, 9.17) is 9.57 Å². The van der Waals surface area contributed by atoms with Gasteiger partial charge in [-0.2, -0.15) is 0 Å². The number of ether oxygens (including phenoxy) is 1. The molecular formula is C21H23BrN5O4+. The van der Waals surface area contributed by atoms with Crippen LogP contribution in [0.25, 0.3) is 10.9 Å². The van der Waals surface area contributed by atoms with E-state index in [-0.39, 0.29) is 18.2 Å². The van der Waals surface area contributed by atoms with Gasteiger partial charge in [0, 0.05) is 9.86 Å². The van der Waals surface area contributed by atoms with Gasteiger partial charge in [-0.3, -0.25) is 9.36 Å². The normalized spacial score (nSPS) is 11.8. The third kappa shape index (κ3) is 5.68. The number of rotatable bonds is 8. The quantitative estimate of drug-likeness (QED) is 0.289. The van der Waals surface area contributed by atoms with Crippen LogP contribution in [0.15, 0.2) is 62.3 Å². The smallest absolute Gasteiger partial charge is 0.304 e. The third-order valence-corrected chi connectivity index (χ3v) is 4.78. The molecule has 0 aliphatic heterocycles. The number of oxime groups is 1. The van der Waals surface area contributed by atoms with Gasteiger partial charge in [0.15, 0.2) is 19.0 Å². The predicted octanol–water partition coefficient (Wildman–Crippen LogP) is 2.88. The molecule has 0 bridgehead atoms. The lowest BCUT2D eigenvalue weighted by atomic mass is 10.2. The van der Waals surface area contributed by atoms with E-state index in [2.05, 4.69) is 31.3 Å². The molecule has 1 aromatic heterocycles. The van der Waals surface area contributed by atoms with Crippen molar-refractivity contribution in [3.05, 3.63) is 52.5 Å². The number of nitrogens with one attached hydrogen (secondary N) is 1. The number of fused-ring (bicyclic) bond motifs is 1. The zero-order valence-electron chi connectivity index (χ0n) is 17.4. The Morgan fingerprint density at radius 3 is 2.65 bits per heavy atom. The van der Waals surface area contributed by atoms with Crippen molar-refractivity contribution in [2.75, 3.05) is 27.8 Å². The monoisotopic (exact) mass is 488 g/mol. The van der Waals surface area contributed by atoms with Crippen molar-refractivity contribution in [3.63, 3.8) is 0 Å². The topological polar surface area (TPSA) is 102 Å². The van der Waals surface area contributed by atoms with E-state index in [1.165, 1.54) is 6.21 Å². The lowest BCUT2D eigenvalue weighted by Gasteiger charge is -2.10. The van der Waals surface area contributed by atoms with Gasteiger partial charge in [-0.05, 0) is 48.0 Å². The van der Waals surface area contributed by atoms with E-state index in [0.29, 0.717) is 12.1 Å². The second-order valence-electron chi connectivity index (χ2n) is 7.00. The number of aromatic hydroxyl groups is 1. The van der Waals surface area contributed by atoms with Gasteiger partial charge in [0.05, 0.1) is 32.9 Å². The van der Waals surface area contributed by atoms with Gasteiger partial charge in [0.25, 0.3) is 0 Å². The molecule has 9 nitrogen and oxygen atoms in total. The number of carbonyl (C=O) groups excluding carboxylic acids is 1. The first-order chi connectivity index (χ1) is 14.9. The number of aromatic nitrogens is 1. The molecule has 0 radical (unpaired) electrons. The van der Waals surface area contributed by atoms with Crippen molar-refractivity contribution in [2.24, 2.45) is 15.4 Å². The lowest BCUT2D eigenvalue weighted by Crippen LogP contribution is -3.04. The van der Waals surface area contributed by atoms with Gasteiger partial charge in [-0.15, -0.1) is 10.2 Å². The summed E-state index contributed by atoms with van der Waals surface area (Å²) in [5.74, 6) is 0.0574. The molecule has 2 N–H and O–H groups in total.